The second-order valence-corrected chi connectivity index (χ2v) is 10.6. The summed E-state index contributed by atoms with van der Waals surface area (Å²) in [4.78, 5) is 7.83. The van der Waals surface area contributed by atoms with Gasteiger partial charge in [-0.3, -0.25) is 14.7 Å². The maximum absolute atomic E-state index is 6.06. The number of hydrogen-bond donors (Lipinski definition) is 0. The van der Waals surface area contributed by atoms with Crippen LogP contribution in [-0.4, -0.2) is 85.3 Å². The van der Waals surface area contributed by atoms with E-state index in [0.29, 0.717) is 31.3 Å². The van der Waals surface area contributed by atoms with Crippen molar-refractivity contribution in [2.75, 3.05) is 52.5 Å². The van der Waals surface area contributed by atoms with E-state index in [0.717, 1.165) is 52.5 Å². The van der Waals surface area contributed by atoms with E-state index in [1.165, 1.54) is 24.0 Å². The first-order valence-electron chi connectivity index (χ1n) is 14.9. The number of ether oxygens (including phenoxy) is 2. The van der Waals surface area contributed by atoms with Crippen LogP contribution in [0, 0.1) is 0 Å². The maximum Gasteiger partial charge on any atom is 0.0717 e. The van der Waals surface area contributed by atoms with Gasteiger partial charge in [0.25, 0.3) is 0 Å². The minimum absolute atomic E-state index is 0.404. The summed E-state index contributed by atoms with van der Waals surface area (Å²) in [5, 5.41) is 0. The third-order valence-corrected chi connectivity index (χ3v) is 7.68. The molecule has 0 heterocycles. The SMILES string of the molecule is CCC[C@H](C)N(CCN(CC)[C@H](C)COCc1ccccc1)CCN(CC)[C@@H](C)COCc1ccccc1. The first kappa shape index (κ1) is 32.5. The molecule has 3 atom stereocenters. The standard InChI is InChI=1S/C33H55N3O2/c1-7-16-29(4)36(23-21-34(8-2)30(5)25-37-27-32-17-12-10-13-18-32)24-22-35(9-3)31(6)26-38-28-33-19-14-11-15-20-33/h10-15,17-20,29-31H,7-9,16,21-28H2,1-6H3/t29-,30-,31+/m0/s1. The molecule has 5 nitrogen and oxygen atoms in total. The van der Waals surface area contributed by atoms with E-state index in [2.05, 4.69) is 117 Å². The molecule has 0 aromatic heterocycles. The summed E-state index contributed by atoms with van der Waals surface area (Å²) in [6, 6.07) is 22.3. The number of likely N-dealkylation sites (N-methyl/N-ethyl adjacent to an activating group) is 2. The Bertz CT molecular complexity index is 756. The Morgan fingerprint density at radius 2 is 0.947 bits per heavy atom. The summed E-state index contributed by atoms with van der Waals surface area (Å²) in [6.45, 7) is 23.1. The Hall–Kier alpha value is -1.76. The fourth-order valence-corrected chi connectivity index (χ4v) is 5.10. The average Bonchev–Trinajstić information content (AvgIpc) is 2.93. The fourth-order valence-electron chi connectivity index (χ4n) is 5.10. The Kier molecular flexibility index (Phi) is 16.5. The fraction of sp³-hybridized carbons (Fsp3) is 0.636. The lowest BCUT2D eigenvalue weighted by atomic mass is 10.1. The van der Waals surface area contributed by atoms with Gasteiger partial charge in [-0.2, -0.15) is 0 Å². The summed E-state index contributed by atoms with van der Waals surface area (Å²) < 4.78 is 12.1. The Morgan fingerprint density at radius 1 is 0.553 bits per heavy atom. The molecular weight excluding hydrogens is 470 g/mol. The zero-order chi connectivity index (χ0) is 27.6. The molecule has 0 aliphatic heterocycles. The highest BCUT2D eigenvalue weighted by molar-refractivity contribution is 5.14. The van der Waals surface area contributed by atoms with Crippen LogP contribution in [0.15, 0.2) is 60.7 Å². The molecule has 0 saturated heterocycles. The molecule has 2 aromatic carbocycles. The zero-order valence-electron chi connectivity index (χ0n) is 25.1. The molecular formula is C33H55N3O2. The summed E-state index contributed by atoms with van der Waals surface area (Å²) in [5.41, 5.74) is 2.48. The molecule has 0 amide bonds. The quantitative estimate of drug-likeness (QED) is 0.190. The predicted molar refractivity (Wildman–Crippen MR) is 162 cm³/mol. The van der Waals surface area contributed by atoms with Crippen molar-refractivity contribution in [3.63, 3.8) is 0 Å². The molecule has 0 N–H and O–H groups in total. The topological polar surface area (TPSA) is 28.2 Å². The van der Waals surface area contributed by atoms with Crippen LogP contribution >= 0.6 is 0 Å². The third-order valence-electron chi connectivity index (χ3n) is 7.68. The van der Waals surface area contributed by atoms with Crippen molar-refractivity contribution in [3.05, 3.63) is 71.8 Å². The molecule has 214 valence electrons. The molecule has 0 bridgehead atoms. The van der Waals surface area contributed by atoms with E-state index < -0.39 is 0 Å². The molecule has 2 rings (SSSR count). The van der Waals surface area contributed by atoms with Gasteiger partial charge in [-0.25, -0.2) is 0 Å². The molecule has 0 saturated carbocycles. The Balaban J connectivity index is 1.81. The second kappa shape index (κ2) is 19.3. The molecule has 0 fully saturated rings. The number of rotatable bonds is 21. The second-order valence-electron chi connectivity index (χ2n) is 10.6. The van der Waals surface area contributed by atoms with Gasteiger partial charge >= 0.3 is 0 Å². The van der Waals surface area contributed by atoms with Gasteiger partial charge in [0.15, 0.2) is 0 Å². The normalized spacial score (nSPS) is 14.3. The van der Waals surface area contributed by atoms with Crippen molar-refractivity contribution in [2.45, 2.75) is 85.7 Å². The summed E-state index contributed by atoms with van der Waals surface area (Å²) >= 11 is 0. The summed E-state index contributed by atoms with van der Waals surface area (Å²) in [5.74, 6) is 0. The molecule has 0 aliphatic carbocycles. The number of nitrogens with zero attached hydrogens (tertiary/aromatic N) is 3. The molecule has 5 heteroatoms. The largest absolute Gasteiger partial charge is 0.375 e. The highest BCUT2D eigenvalue weighted by atomic mass is 16.5. The van der Waals surface area contributed by atoms with E-state index in [-0.39, 0.29) is 0 Å². The van der Waals surface area contributed by atoms with Crippen molar-refractivity contribution < 1.29 is 9.47 Å². The van der Waals surface area contributed by atoms with E-state index in [1.54, 1.807) is 0 Å². The Labute approximate surface area is 234 Å². The minimum Gasteiger partial charge on any atom is -0.375 e. The lowest BCUT2D eigenvalue weighted by Gasteiger charge is -2.36. The average molecular weight is 526 g/mol. The summed E-state index contributed by atoms with van der Waals surface area (Å²) in [6.07, 6.45) is 2.46. The first-order chi connectivity index (χ1) is 18.5. The smallest absolute Gasteiger partial charge is 0.0717 e. The van der Waals surface area contributed by atoms with Gasteiger partial charge in [0.2, 0.25) is 0 Å². The first-order valence-corrected chi connectivity index (χ1v) is 14.9. The minimum atomic E-state index is 0.404. The maximum atomic E-state index is 6.06. The van der Waals surface area contributed by atoms with E-state index in [9.17, 15) is 0 Å². The van der Waals surface area contributed by atoms with Crippen LogP contribution in [0.5, 0.6) is 0 Å². The number of benzene rings is 2. The van der Waals surface area contributed by atoms with Crippen LogP contribution in [0.25, 0.3) is 0 Å². The predicted octanol–water partition coefficient (Wildman–Crippen LogP) is 6.33. The van der Waals surface area contributed by atoms with Crippen molar-refractivity contribution in [1.29, 1.82) is 0 Å². The lowest BCUT2D eigenvalue weighted by molar-refractivity contribution is 0.0427. The van der Waals surface area contributed by atoms with Crippen LogP contribution in [-0.2, 0) is 22.7 Å². The van der Waals surface area contributed by atoms with E-state index >= 15 is 0 Å². The molecule has 0 radical (unpaired) electrons. The molecule has 38 heavy (non-hydrogen) atoms. The van der Waals surface area contributed by atoms with Crippen molar-refractivity contribution >= 4 is 0 Å². The van der Waals surface area contributed by atoms with Gasteiger partial charge in [-0.05, 0) is 51.4 Å². The Morgan fingerprint density at radius 3 is 1.32 bits per heavy atom. The van der Waals surface area contributed by atoms with Crippen LogP contribution in [0.4, 0.5) is 0 Å². The van der Waals surface area contributed by atoms with Gasteiger partial charge < -0.3 is 9.47 Å². The number of hydrogen-bond acceptors (Lipinski definition) is 5. The van der Waals surface area contributed by atoms with Crippen molar-refractivity contribution in [3.8, 4) is 0 Å². The molecule has 0 unspecified atom stereocenters. The highest BCUT2D eigenvalue weighted by Crippen LogP contribution is 2.11. The van der Waals surface area contributed by atoms with Crippen LogP contribution < -0.4 is 0 Å². The third kappa shape index (κ3) is 12.4. The van der Waals surface area contributed by atoms with Crippen LogP contribution in [0.1, 0.15) is 65.5 Å². The molecule has 2 aromatic rings. The monoisotopic (exact) mass is 525 g/mol. The lowest BCUT2D eigenvalue weighted by Crippen LogP contribution is -2.47. The van der Waals surface area contributed by atoms with Crippen LogP contribution in [0.3, 0.4) is 0 Å². The van der Waals surface area contributed by atoms with Crippen LogP contribution in [0.2, 0.25) is 0 Å². The van der Waals surface area contributed by atoms with Gasteiger partial charge in [0.1, 0.15) is 0 Å². The van der Waals surface area contributed by atoms with Gasteiger partial charge in [0, 0.05) is 44.3 Å². The van der Waals surface area contributed by atoms with Crippen molar-refractivity contribution in [1.82, 2.24) is 14.7 Å². The van der Waals surface area contributed by atoms with E-state index in [1.807, 2.05) is 0 Å². The van der Waals surface area contributed by atoms with E-state index in [4.69, 9.17) is 9.47 Å². The van der Waals surface area contributed by atoms with Gasteiger partial charge in [-0.15, -0.1) is 0 Å². The highest BCUT2D eigenvalue weighted by Gasteiger charge is 2.20. The molecule has 0 aliphatic rings. The van der Waals surface area contributed by atoms with Gasteiger partial charge in [0.05, 0.1) is 26.4 Å². The van der Waals surface area contributed by atoms with Crippen molar-refractivity contribution in [2.24, 2.45) is 0 Å². The van der Waals surface area contributed by atoms with Gasteiger partial charge in [-0.1, -0.05) is 87.9 Å². The molecule has 0 spiro atoms. The zero-order valence-corrected chi connectivity index (χ0v) is 25.1. The summed E-state index contributed by atoms with van der Waals surface area (Å²) in [7, 11) is 0.